The van der Waals surface area contributed by atoms with E-state index in [4.69, 9.17) is 4.74 Å². The Bertz CT molecular complexity index is 584. The van der Waals surface area contributed by atoms with E-state index in [1.54, 1.807) is 22.4 Å². The fraction of sp³-hybridized carbons (Fsp3) is 0.417. The number of carbonyl (C=O) groups is 1. The molecule has 1 atom stereocenters. The predicted octanol–water partition coefficient (Wildman–Crippen LogP) is 2.51. The lowest BCUT2D eigenvalue weighted by molar-refractivity contribution is 0.0147. The molecule has 8 heteroatoms. The molecule has 106 valence electrons. The van der Waals surface area contributed by atoms with Gasteiger partial charge in [-0.05, 0) is 6.92 Å². The largest absolute Gasteiger partial charge is 0.377 e. The molecule has 2 amide bonds. The minimum absolute atomic E-state index is 0.123. The first-order valence-electron chi connectivity index (χ1n) is 6.21. The van der Waals surface area contributed by atoms with E-state index in [9.17, 15) is 4.79 Å². The van der Waals surface area contributed by atoms with E-state index in [1.807, 2.05) is 17.7 Å². The maximum absolute atomic E-state index is 12.4. The molecule has 3 rings (SSSR count). The average Bonchev–Trinajstić information content (AvgIpc) is 3.10. The van der Waals surface area contributed by atoms with Crippen LogP contribution in [0.2, 0.25) is 0 Å². The summed E-state index contributed by atoms with van der Waals surface area (Å²) in [5.74, 6) is 0. The van der Waals surface area contributed by atoms with Crippen molar-refractivity contribution in [3.05, 3.63) is 27.7 Å². The number of nitrogens with one attached hydrogen (secondary N) is 1. The average molecular weight is 310 g/mol. The highest BCUT2D eigenvalue weighted by molar-refractivity contribution is 7.13. The van der Waals surface area contributed by atoms with Crippen molar-refractivity contribution in [3.63, 3.8) is 0 Å². The second kappa shape index (κ2) is 5.86. The van der Waals surface area contributed by atoms with Crippen LogP contribution in [-0.2, 0) is 4.74 Å². The molecule has 0 bridgehead atoms. The SMILES string of the molecule is Cc1csc([C@@H]2COCCN2C(=O)Nc2nccs2)n1. The third kappa shape index (κ3) is 2.82. The first-order valence-corrected chi connectivity index (χ1v) is 7.97. The van der Waals surface area contributed by atoms with Gasteiger partial charge in [0.15, 0.2) is 5.13 Å². The standard InChI is InChI=1S/C12H14N4O2S2/c1-8-7-20-10(14-8)9-6-18-4-3-16(9)12(17)15-11-13-2-5-19-11/h2,5,7,9H,3-4,6H2,1H3,(H,13,15,17)/t9-/m0/s1. The van der Waals surface area contributed by atoms with Crippen LogP contribution in [0.5, 0.6) is 0 Å². The second-order valence-corrected chi connectivity index (χ2v) is 6.16. The number of hydrogen-bond donors (Lipinski definition) is 1. The van der Waals surface area contributed by atoms with Crippen molar-refractivity contribution in [1.82, 2.24) is 14.9 Å². The summed E-state index contributed by atoms with van der Waals surface area (Å²) in [6.45, 7) is 3.54. The monoisotopic (exact) mass is 310 g/mol. The minimum atomic E-state index is -0.152. The number of ether oxygens (including phenoxy) is 1. The van der Waals surface area contributed by atoms with Gasteiger partial charge in [-0.2, -0.15) is 0 Å². The summed E-state index contributed by atoms with van der Waals surface area (Å²) < 4.78 is 5.49. The lowest BCUT2D eigenvalue weighted by Crippen LogP contribution is -2.45. The normalized spacial score (nSPS) is 19.1. The summed E-state index contributed by atoms with van der Waals surface area (Å²) in [4.78, 5) is 22.7. The van der Waals surface area contributed by atoms with Crippen LogP contribution in [-0.4, -0.2) is 40.7 Å². The Morgan fingerprint density at radius 2 is 2.45 bits per heavy atom. The van der Waals surface area contributed by atoms with Crippen molar-refractivity contribution in [2.24, 2.45) is 0 Å². The molecule has 0 radical (unpaired) electrons. The molecule has 2 aromatic rings. The molecule has 1 fully saturated rings. The molecule has 20 heavy (non-hydrogen) atoms. The minimum Gasteiger partial charge on any atom is -0.377 e. The van der Waals surface area contributed by atoms with E-state index >= 15 is 0 Å². The molecule has 3 heterocycles. The van der Waals surface area contributed by atoms with E-state index in [1.165, 1.54) is 11.3 Å². The van der Waals surface area contributed by atoms with Crippen molar-refractivity contribution in [2.45, 2.75) is 13.0 Å². The highest BCUT2D eigenvalue weighted by Gasteiger charge is 2.31. The number of morpholine rings is 1. The van der Waals surface area contributed by atoms with Gasteiger partial charge < -0.3 is 9.64 Å². The first kappa shape index (κ1) is 13.5. The third-order valence-electron chi connectivity index (χ3n) is 2.96. The summed E-state index contributed by atoms with van der Waals surface area (Å²) in [7, 11) is 0. The predicted molar refractivity (Wildman–Crippen MR) is 78.2 cm³/mol. The van der Waals surface area contributed by atoms with E-state index in [0.717, 1.165) is 10.7 Å². The molecule has 0 spiro atoms. The van der Waals surface area contributed by atoms with Gasteiger partial charge in [-0.15, -0.1) is 22.7 Å². The van der Waals surface area contributed by atoms with Gasteiger partial charge in [0.25, 0.3) is 0 Å². The molecule has 0 aromatic carbocycles. The topological polar surface area (TPSA) is 67.3 Å². The summed E-state index contributed by atoms with van der Waals surface area (Å²) in [6.07, 6.45) is 1.67. The first-order chi connectivity index (χ1) is 9.74. The van der Waals surface area contributed by atoms with Crippen molar-refractivity contribution in [3.8, 4) is 0 Å². The molecule has 0 unspecified atom stereocenters. The number of nitrogens with zero attached hydrogens (tertiary/aromatic N) is 3. The Morgan fingerprint density at radius 1 is 1.55 bits per heavy atom. The van der Waals surface area contributed by atoms with Crippen molar-refractivity contribution >= 4 is 33.8 Å². The summed E-state index contributed by atoms with van der Waals surface area (Å²) >= 11 is 2.96. The van der Waals surface area contributed by atoms with Crippen LogP contribution in [0.15, 0.2) is 17.0 Å². The Morgan fingerprint density at radius 3 is 3.15 bits per heavy atom. The second-order valence-electron chi connectivity index (χ2n) is 4.38. The molecule has 0 saturated carbocycles. The number of urea groups is 1. The van der Waals surface area contributed by atoms with E-state index in [-0.39, 0.29) is 12.1 Å². The molecular formula is C12H14N4O2S2. The smallest absolute Gasteiger partial charge is 0.324 e. The van der Waals surface area contributed by atoms with Crippen LogP contribution in [0.1, 0.15) is 16.7 Å². The maximum atomic E-state index is 12.4. The summed E-state index contributed by atoms with van der Waals surface area (Å²) in [5, 5.41) is 8.15. The van der Waals surface area contributed by atoms with Crippen LogP contribution in [0.3, 0.4) is 0 Å². The summed E-state index contributed by atoms with van der Waals surface area (Å²) in [6, 6.07) is -0.275. The van der Waals surface area contributed by atoms with Crippen molar-refractivity contribution in [1.29, 1.82) is 0 Å². The lowest BCUT2D eigenvalue weighted by Gasteiger charge is -2.34. The molecule has 1 aliphatic heterocycles. The van der Waals surface area contributed by atoms with Gasteiger partial charge in [-0.25, -0.2) is 14.8 Å². The molecule has 0 aliphatic carbocycles. The highest BCUT2D eigenvalue weighted by atomic mass is 32.1. The van der Waals surface area contributed by atoms with Gasteiger partial charge in [0.05, 0.1) is 13.2 Å². The Kier molecular flexibility index (Phi) is 3.95. The van der Waals surface area contributed by atoms with Crippen LogP contribution in [0, 0.1) is 6.92 Å². The van der Waals surface area contributed by atoms with Gasteiger partial charge >= 0.3 is 6.03 Å². The number of anilines is 1. The quantitative estimate of drug-likeness (QED) is 0.925. The van der Waals surface area contributed by atoms with Gasteiger partial charge in [-0.3, -0.25) is 5.32 Å². The van der Waals surface area contributed by atoms with Gasteiger partial charge in [0, 0.05) is 29.2 Å². The van der Waals surface area contributed by atoms with Gasteiger partial charge in [0.2, 0.25) is 0 Å². The van der Waals surface area contributed by atoms with Crippen LogP contribution < -0.4 is 5.32 Å². The molecule has 2 aromatic heterocycles. The number of thiazole rings is 2. The lowest BCUT2D eigenvalue weighted by atomic mass is 10.2. The number of aromatic nitrogens is 2. The zero-order valence-corrected chi connectivity index (χ0v) is 12.5. The number of rotatable bonds is 2. The molecule has 6 nitrogen and oxygen atoms in total. The highest BCUT2D eigenvalue weighted by Crippen LogP contribution is 2.27. The Labute approximate surface area is 124 Å². The van der Waals surface area contributed by atoms with Gasteiger partial charge in [-0.1, -0.05) is 0 Å². The van der Waals surface area contributed by atoms with Crippen LogP contribution in [0.4, 0.5) is 9.93 Å². The zero-order valence-electron chi connectivity index (χ0n) is 10.9. The Hall–Kier alpha value is -1.51. The van der Waals surface area contributed by atoms with Gasteiger partial charge in [0.1, 0.15) is 11.0 Å². The molecule has 1 saturated heterocycles. The number of carbonyl (C=O) groups excluding carboxylic acids is 1. The fourth-order valence-corrected chi connectivity index (χ4v) is 3.44. The Balaban J connectivity index is 1.76. The third-order valence-corrected chi connectivity index (χ3v) is 4.71. The van der Waals surface area contributed by atoms with E-state index in [2.05, 4.69) is 15.3 Å². The number of amides is 2. The van der Waals surface area contributed by atoms with E-state index in [0.29, 0.717) is 24.9 Å². The molecular weight excluding hydrogens is 296 g/mol. The molecule has 1 N–H and O–H groups in total. The van der Waals surface area contributed by atoms with Crippen LogP contribution >= 0.6 is 22.7 Å². The number of hydrogen-bond acceptors (Lipinski definition) is 6. The van der Waals surface area contributed by atoms with Crippen molar-refractivity contribution < 1.29 is 9.53 Å². The fourth-order valence-electron chi connectivity index (χ4n) is 2.03. The van der Waals surface area contributed by atoms with E-state index < -0.39 is 0 Å². The number of aryl methyl sites for hydroxylation is 1. The summed E-state index contributed by atoms with van der Waals surface area (Å²) in [5.41, 5.74) is 0.968. The zero-order chi connectivity index (χ0) is 13.9. The maximum Gasteiger partial charge on any atom is 0.324 e. The van der Waals surface area contributed by atoms with Crippen LogP contribution in [0.25, 0.3) is 0 Å². The van der Waals surface area contributed by atoms with Crippen molar-refractivity contribution in [2.75, 3.05) is 25.1 Å². The molecule has 1 aliphatic rings.